The fourth-order valence-corrected chi connectivity index (χ4v) is 2.00. The van der Waals surface area contributed by atoms with Crippen LogP contribution in [0, 0.1) is 5.41 Å². The van der Waals surface area contributed by atoms with Crippen LogP contribution in [0.2, 0.25) is 0 Å². The molecule has 1 aliphatic rings. The van der Waals surface area contributed by atoms with Gasteiger partial charge >= 0.3 is 0 Å². The number of hydrogen-bond donors (Lipinski definition) is 1. The van der Waals surface area contributed by atoms with Gasteiger partial charge in [-0.15, -0.1) is 5.10 Å². The van der Waals surface area contributed by atoms with Gasteiger partial charge in [0.15, 0.2) is 0 Å². The molecule has 2 rings (SSSR count). The molecule has 76 valence electrons. The zero-order valence-electron chi connectivity index (χ0n) is 9.09. The molecular weight excluding hydrogens is 174 g/mol. The second-order valence-electron chi connectivity index (χ2n) is 4.79. The van der Waals surface area contributed by atoms with Crippen LogP contribution in [-0.4, -0.2) is 17.2 Å². The van der Waals surface area contributed by atoms with Gasteiger partial charge in [-0.2, -0.15) is 5.10 Å². The van der Waals surface area contributed by atoms with Crippen LogP contribution in [0.15, 0.2) is 6.07 Å². The van der Waals surface area contributed by atoms with Crippen LogP contribution in [0.5, 0.6) is 0 Å². The van der Waals surface area contributed by atoms with Gasteiger partial charge in [0, 0.05) is 7.05 Å². The van der Waals surface area contributed by atoms with E-state index in [2.05, 4.69) is 35.4 Å². The summed E-state index contributed by atoms with van der Waals surface area (Å²) in [4.78, 5) is 0. The molecule has 0 aromatic carbocycles. The molecule has 0 aliphatic heterocycles. The highest BCUT2D eigenvalue weighted by molar-refractivity contribution is 5.38. The average Bonchev–Trinajstić information content (AvgIpc) is 2.15. The van der Waals surface area contributed by atoms with E-state index in [9.17, 15) is 0 Å². The molecule has 1 aliphatic carbocycles. The van der Waals surface area contributed by atoms with Crippen molar-refractivity contribution < 1.29 is 0 Å². The lowest BCUT2D eigenvalue weighted by Gasteiger charge is -2.30. The number of hydrogen-bond acceptors (Lipinski definition) is 3. The number of anilines is 1. The highest BCUT2D eigenvalue weighted by Crippen LogP contribution is 2.33. The summed E-state index contributed by atoms with van der Waals surface area (Å²) >= 11 is 0. The van der Waals surface area contributed by atoms with Crippen LogP contribution < -0.4 is 5.32 Å². The highest BCUT2D eigenvalue weighted by atomic mass is 15.2. The van der Waals surface area contributed by atoms with Crippen molar-refractivity contribution in [3.05, 3.63) is 17.3 Å². The Bertz CT molecular complexity index is 344. The summed E-state index contributed by atoms with van der Waals surface area (Å²) < 4.78 is 0. The summed E-state index contributed by atoms with van der Waals surface area (Å²) in [5.74, 6) is 0.876. The zero-order chi connectivity index (χ0) is 10.2. The predicted octanol–water partition coefficient (Wildman–Crippen LogP) is 2.03. The van der Waals surface area contributed by atoms with Gasteiger partial charge in [-0.3, -0.25) is 0 Å². The largest absolute Gasteiger partial charge is 0.372 e. The quantitative estimate of drug-likeness (QED) is 0.738. The van der Waals surface area contributed by atoms with Gasteiger partial charge in [0.25, 0.3) is 0 Å². The maximum absolute atomic E-state index is 4.24. The minimum Gasteiger partial charge on any atom is -0.372 e. The number of aromatic nitrogens is 2. The average molecular weight is 191 g/mol. The van der Waals surface area contributed by atoms with Crippen molar-refractivity contribution in [2.75, 3.05) is 12.4 Å². The van der Waals surface area contributed by atoms with E-state index in [0.717, 1.165) is 18.7 Å². The second-order valence-corrected chi connectivity index (χ2v) is 4.79. The smallest absolute Gasteiger partial charge is 0.148 e. The molecule has 0 saturated carbocycles. The van der Waals surface area contributed by atoms with Gasteiger partial charge in [-0.25, -0.2) is 0 Å². The minimum absolute atomic E-state index is 0.418. The molecule has 1 aromatic heterocycles. The molecule has 3 heteroatoms. The summed E-state index contributed by atoms with van der Waals surface area (Å²) in [6, 6.07) is 2.13. The Kier molecular flexibility index (Phi) is 2.17. The van der Waals surface area contributed by atoms with Crippen LogP contribution in [-0.2, 0) is 12.8 Å². The molecule has 0 radical (unpaired) electrons. The molecule has 1 N–H and O–H groups in total. The van der Waals surface area contributed by atoms with Crippen molar-refractivity contribution in [2.45, 2.75) is 33.1 Å². The van der Waals surface area contributed by atoms with E-state index < -0.39 is 0 Å². The fourth-order valence-electron chi connectivity index (χ4n) is 2.00. The lowest BCUT2D eigenvalue weighted by molar-refractivity contribution is 0.311. The molecule has 14 heavy (non-hydrogen) atoms. The molecule has 0 unspecified atom stereocenters. The number of rotatable bonds is 1. The number of fused-ring (bicyclic) bond motifs is 1. The van der Waals surface area contributed by atoms with E-state index in [1.54, 1.807) is 0 Å². The van der Waals surface area contributed by atoms with E-state index in [-0.39, 0.29) is 0 Å². The first-order valence-electron chi connectivity index (χ1n) is 5.14. The normalized spacial score (nSPS) is 18.8. The van der Waals surface area contributed by atoms with Crippen LogP contribution >= 0.6 is 0 Å². The molecule has 0 fully saturated rings. The third-order valence-corrected chi connectivity index (χ3v) is 2.92. The number of aryl methyl sites for hydroxylation is 1. The second kappa shape index (κ2) is 3.23. The molecule has 0 amide bonds. The molecule has 0 bridgehead atoms. The Morgan fingerprint density at radius 1 is 1.36 bits per heavy atom. The first-order valence-corrected chi connectivity index (χ1v) is 5.14. The molecule has 0 spiro atoms. The predicted molar refractivity (Wildman–Crippen MR) is 57.4 cm³/mol. The van der Waals surface area contributed by atoms with E-state index >= 15 is 0 Å². The van der Waals surface area contributed by atoms with Crippen molar-refractivity contribution in [3.63, 3.8) is 0 Å². The zero-order valence-corrected chi connectivity index (χ0v) is 9.09. The van der Waals surface area contributed by atoms with Gasteiger partial charge in [0.05, 0.1) is 5.69 Å². The molecular formula is C11H17N3. The van der Waals surface area contributed by atoms with Crippen LogP contribution in [0.4, 0.5) is 5.82 Å². The standard InChI is InChI=1S/C11H17N3/c1-11(2)5-4-9-8(7-11)6-10(12-3)14-13-9/h6H,4-5,7H2,1-3H3,(H,12,14). The van der Waals surface area contributed by atoms with Crippen molar-refractivity contribution >= 4 is 5.82 Å². The maximum atomic E-state index is 4.24. The first-order chi connectivity index (χ1) is 6.61. The minimum atomic E-state index is 0.418. The summed E-state index contributed by atoms with van der Waals surface area (Å²) in [5, 5.41) is 11.4. The molecule has 0 saturated heterocycles. The Labute approximate surface area is 84.9 Å². The van der Waals surface area contributed by atoms with Crippen LogP contribution in [0.1, 0.15) is 31.5 Å². The molecule has 0 atom stereocenters. The van der Waals surface area contributed by atoms with Crippen molar-refractivity contribution in [3.8, 4) is 0 Å². The Morgan fingerprint density at radius 3 is 2.86 bits per heavy atom. The van der Waals surface area contributed by atoms with E-state index in [0.29, 0.717) is 5.41 Å². The van der Waals surface area contributed by atoms with Crippen molar-refractivity contribution in [1.29, 1.82) is 0 Å². The monoisotopic (exact) mass is 191 g/mol. The topological polar surface area (TPSA) is 37.8 Å². The third-order valence-electron chi connectivity index (χ3n) is 2.92. The van der Waals surface area contributed by atoms with Gasteiger partial charge in [0.1, 0.15) is 5.82 Å². The van der Waals surface area contributed by atoms with Gasteiger partial charge in [-0.05, 0) is 36.3 Å². The Balaban J connectivity index is 2.34. The molecule has 3 nitrogen and oxygen atoms in total. The summed E-state index contributed by atoms with van der Waals surface area (Å²) in [6.07, 6.45) is 3.40. The SMILES string of the molecule is CNc1cc2c(nn1)CCC(C)(C)C2. The van der Waals surface area contributed by atoms with Crippen LogP contribution in [0.25, 0.3) is 0 Å². The number of nitrogens with zero attached hydrogens (tertiary/aromatic N) is 2. The lowest BCUT2D eigenvalue weighted by atomic mass is 9.76. The van der Waals surface area contributed by atoms with E-state index in [1.807, 2.05) is 7.05 Å². The summed E-state index contributed by atoms with van der Waals surface area (Å²) in [6.45, 7) is 4.63. The van der Waals surface area contributed by atoms with Crippen molar-refractivity contribution in [1.82, 2.24) is 10.2 Å². The fraction of sp³-hybridized carbons (Fsp3) is 0.636. The van der Waals surface area contributed by atoms with Gasteiger partial charge in [-0.1, -0.05) is 13.8 Å². The Morgan fingerprint density at radius 2 is 2.14 bits per heavy atom. The summed E-state index contributed by atoms with van der Waals surface area (Å²) in [5.41, 5.74) is 2.96. The summed E-state index contributed by atoms with van der Waals surface area (Å²) in [7, 11) is 1.88. The van der Waals surface area contributed by atoms with Crippen molar-refractivity contribution in [2.24, 2.45) is 5.41 Å². The lowest BCUT2D eigenvalue weighted by Crippen LogP contribution is -2.23. The Hall–Kier alpha value is -1.12. The van der Waals surface area contributed by atoms with E-state index in [4.69, 9.17) is 0 Å². The van der Waals surface area contributed by atoms with Gasteiger partial charge in [0.2, 0.25) is 0 Å². The number of nitrogens with one attached hydrogen (secondary N) is 1. The maximum Gasteiger partial charge on any atom is 0.148 e. The van der Waals surface area contributed by atoms with Crippen LogP contribution in [0.3, 0.4) is 0 Å². The van der Waals surface area contributed by atoms with E-state index in [1.165, 1.54) is 17.7 Å². The highest BCUT2D eigenvalue weighted by Gasteiger charge is 2.26. The molecule has 1 heterocycles. The molecule has 1 aromatic rings. The third kappa shape index (κ3) is 1.72. The first kappa shape index (κ1) is 9.44. The van der Waals surface area contributed by atoms with Gasteiger partial charge < -0.3 is 5.32 Å².